The molecule has 140 valence electrons. The molecule has 0 spiro atoms. The van der Waals surface area contributed by atoms with Gasteiger partial charge in [0.1, 0.15) is 5.75 Å². The van der Waals surface area contributed by atoms with E-state index in [1.807, 2.05) is 6.92 Å². The molecule has 2 aromatic carbocycles. The molecule has 2 aromatic rings. The number of rotatable bonds is 9. The first-order valence-electron chi connectivity index (χ1n) is 8.07. The number of benzene rings is 2. The molecular formula is C18H20ClNO5S. The van der Waals surface area contributed by atoms with E-state index in [-0.39, 0.29) is 17.9 Å². The zero-order chi connectivity index (χ0) is 19.2. The average molecular weight is 398 g/mol. The van der Waals surface area contributed by atoms with E-state index < -0.39 is 16.0 Å². The molecule has 0 aliphatic rings. The van der Waals surface area contributed by atoms with Crippen molar-refractivity contribution < 1.29 is 23.1 Å². The van der Waals surface area contributed by atoms with Crippen molar-refractivity contribution in [3.05, 3.63) is 53.6 Å². The van der Waals surface area contributed by atoms with E-state index in [2.05, 4.69) is 0 Å². The molecule has 0 amide bonds. The van der Waals surface area contributed by atoms with Gasteiger partial charge >= 0.3 is 5.97 Å². The lowest BCUT2D eigenvalue weighted by Crippen LogP contribution is -2.33. The topological polar surface area (TPSA) is 83.9 Å². The maximum Gasteiger partial charge on any atom is 0.305 e. The standard InChI is InChI=1S/C18H20ClNO5S/c1-2-13-25-16-7-5-15(6-8-16)20(12-11-18(21)22)26(23,24)17-9-3-14(19)4-10-17/h3-10H,2,11-13H2,1H3,(H,21,22). The molecule has 26 heavy (non-hydrogen) atoms. The van der Waals surface area contributed by atoms with Crippen LogP contribution in [0.1, 0.15) is 19.8 Å². The van der Waals surface area contributed by atoms with Gasteiger partial charge in [-0.15, -0.1) is 0 Å². The highest BCUT2D eigenvalue weighted by molar-refractivity contribution is 7.92. The van der Waals surface area contributed by atoms with Crippen molar-refractivity contribution in [1.82, 2.24) is 0 Å². The Labute approximate surface area is 158 Å². The molecule has 1 N–H and O–H groups in total. The van der Waals surface area contributed by atoms with Crippen molar-refractivity contribution >= 4 is 33.3 Å². The Balaban J connectivity index is 2.36. The second-order valence-electron chi connectivity index (χ2n) is 5.52. The Bertz CT molecular complexity index is 835. The Morgan fingerprint density at radius 3 is 2.27 bits per heavy atom. The van der Waals surface area contributed by atoms with Gasteiger partial charge < -0.3 is 9.84 Å². The summed E-state index contributed by atoms with van der Waals surface area (Å²) in [7, 11) is -3.93. The van der Waals surface area contributed by atoms with E-state index in [0.717, 1.165) is 10.7 Å². The fraction of sp³-hybridized carbons (Fsp3) is 0.278. The smallest absolute Gasteiger partial charge is 0.305 e. The molecule has 0 unspecified atom stereocenters. The van der Waals surface area contributed by atoms with Gasteiger partial charge in [-0.25, -0.2) is 8.42 Å². The van der Waals surface area contributed by atoms with Crippen molar-refractivity contribution in [1.29, 1.82) is 0 Å². The fourth-order valence-corrected chi connectivity index (χ4v) is 3.84. The van der Waals surface area contributed by atoms with Gasteiger partial charge in [-0.1, -0.05) is 18.5 Å². The fourth-order valence-electron chi connectivity index (χ4n) is 2.25. The van der Waals surface area contributed by atoms with E-state index >= 15 is 0 Å². The zero-order valence-corrected chi connectivity index (χ0v) is 15.8. The van der Waals surface area contributed by atoms with Crippen molar-refractivity contribution in [2.75, 3.05) is 17.5 Å². The Morgan fingerprint density at radius 2 is 1.73 bits per heavy atom. The summed E-state index contributed by atoms with van der Waals surface area (Å²) in [6.07, 6.45) is 0.540. The number of carbonyl (C=O) groups is 1. The number of carboxylic acids is 1. The number of hydrogen-bond acceptors (Lipinski definition) is 4. The number of aliphatic carboxylic acids is 1. The molecule has 0 aliphatic heterocycles. The Kier molecular flexibility index (Phi) is 6.88. The van der Waals surface area contributed by atoms with Gasteiger partial charge in [0.05, 0.1) is 23.6 Å². The molecule has 0 bridgehead atoms. The number of hydrogen-bond donors (Lipinski definition) is 1. The SMILES string of the molecule is CCCOc1ccc(N(CCC(=O)O)S(=O)(=O)c2ccc(Cl)cc2)cc1. The number of nitrogens with zero attached hydrogens (tertiary/aromatic N) is 1. The van der Waals surface area contributed by atoms with Crippen molar-refractivity contribution in [3.63, 3.8) is 0 Å². The first kappa shape index (κ1) is 20.1. The third-order valence-corrected chi connectivity index (χ3v) is 5.62. The van der Waals surface area contributed by atoms with Gasteiger partial charge in [0, 0.05) is 11.6 Å². The zero-order valence-electron chi connectivity index (χ0n) is 14.3. The highest BCUT2D eigenvalue weighted by Gasteiger charge is 2.25. The average Bonchev–Trinajstić information content (AvgIpc) is 2.61. The lowest BCUT2D eigenvalue weighted by atomic mass is 10.3. The molecule has 0 saturated carbocycles. The first-order valence-corrected chi connectivity index (χ1v) is 9.89. The van der Waals surface area contributed by atoms with Gasteiger partial charge in [0.2, 0.25) is 0 Å². The van der Waals surface area contributed by atoms with Crippen LogP contribution in [0.4, 0.5) is 5.69 Å². The Hall–Kier alpha value is -2.25. The van der Waals surface area contributed by atoms with Gasteiger partial charge in [-0.3, -0.25) is 9.10 Å². The normalized spacial score (nSPS) is 11.2. The van der Waals surface area contributed by atoms with Crippen LogP contribution in [0.2, 0.25) is 5.02 Å². The van der Waals surface area contributed by atoms with Crippen LogP contribution in [-0.2, 0) is 14.8 Å². The van der Waals surface area contributed by atoms with Gasteiger partial charge in [-0.2, -0.15) is 0 Å². The van der Waals surface area contributed by atoms with Crippen LogP contribution in [0.5, 0.6) is 5.75 Å². The molecular weight excluding hydrogens is 378 g/mol. The maximum absolute atomic E-state index is 13.0. The Morgan fingerprint density at radius 1 is 1.12 bits per heavy atom. The van der Waals surface area contributed by atoms with Crippen LogP contribution in [0.15, 0.2) is 53.4 Å². The summed E-state index contributed by atoms with van der Waals surface area (Å²) in [4.78, 5) is 11.0. The molecule has 8 heteroatoms. The van der Waals surface area contributed by atoms with Gasteiger partial charge in [0.25, 0.3) is 10.0 Å². The number of sulfonamides is 1. The minimum atomic E-state index is -3.93. The van der Waals surface area contributed by atoms with E-state index in [1.54, 1.807) is 24.3 Å². The predicted octanol–water partition coefficient (Wildman–Crippen LogP) is 3.80. The highest BCUT2D eigenvalue weighted by Crippen LogP contribution is 2.27. The second kappa shape index (κ2) is 8.91. The number of carboxylic acid groups (broad SMARTS) is 1. The van der Waals surface area contributed by atoms with Crippen LogP contribution < -0.4 is 9.04 Å². The summed E-state index contributed by atoms with van der Waals surface area (Å²) in [5.74, 6) is -0.457. The lowest BCUT2D eigenvalue weighted by Gasteiger charge is -2.24. The summed E-state index contributed by atoms with van der Waals surface area (Å²) in [5.41, 5.74) is 0.366. The van der Waals surface area contributed by atoms with Crippen LogP contribution in [0.3, 0.4) is 0 Å². The molecule has 0 radical (unpaired) electrons. The summed E-state index contributed by atoms with van der Waals surface area (Å²) >= 11 is 5.82. The van der Waals surface area contributed by atoms with Crippen molar-refractivity contribution in [2.24, 2.45) is 0 Å². The molecule has 0 atom stereocenters. The van der Waals surface area contributed by atoms with Crippen LogP contribution >= 0.6 is 11.6 Å². The maximum atomic E-state index is 13.0. The van der Waals surface area contributed by atoms with E-state index in [4.69, 9.17) is 21.4 Å². The molecule has 6 nitrogen and oxygen atoms in total. The summed E-state index contributed by atoms with van der Waals surface area (Å²) in [6, 6.07) is 12.3. The quantitative estimate of drug-likeness (QED) is 0.695. The monoisotopic (exact) mass is 397 g/mol. The molecule has 0 aliphatic carbocycles. The molecule has 0 fully saturated rings. The predicted molar refractivity (Wildman–Crippen MR) is 100 cm³/mol. The third kappa shape index (κ3) is 5.12. The van der Waals surface area contributed by atoms with Crippen molar-refractivity contribution in [3.8, 4) is 5.75 Å². The van der Waals surface area contributed by atoms with Crippen LogP contribution in [0, 0.1) is 0 Å². The number of anilines is 1. The molecule has 0 aromatic heterocycles. The van der Waals surface area contributed by atoms with Crippen LogP contribution in [0.25, 0.3) is 0 Å². The molecule has 0 saturated heterocycles. The first-order chi connectivity index (χ1) is 12.3. The summed E-state index contributed by atoms with van der Waals surface area (Å²) in [6.45, 7) is 2.36. The molecule has 2 rings (SSSR count). The third-order valence-electron chi connectivity index (χ3n) is 3.53. The summed E-state index contributed by atoms with van der Waals surface area (Å²) in [5, 5.41) is 9.38. The largest absolute Gasteiger partial charge is 0.494 e. The minimum Gasteiger partial charge on any atom is -0.494 e. The lowest BCUT2D eigenvalue weighted by molar-refractivity contribution is -0.136. The van der Waals surface area contributed by atoms with Gasteiger partial charge in [-0.05, 0) is 55.0 Å². The van der Waals surface area contributed by atoms with Gasteiger partial charge in [0.15, 0.2) is 0 Å². The van der Waals surface area contributed by atoms with E-state index in [9.17, 15) is 13.2 Å². The van der Waals surface area contributed by atoms with Crippen LogP contribution in [-0.4, -0.2) is 32.6 Å². The highest BCUT2D eigenvalue weighted by atomic mass is 35.5. The van der Waals surface area contributed by atoms with E-state index in [1.165, 1.54) is 24.3 Å². The molecule has 0 heterocycles. The number of ether oxygens (including phenoxy) is 1. The minimum absolute atomic E-state index is 0.0404. The second-order valence-corrected chi connectivity index (χ2v) is 7.82. The van der Waals surface area contributed by atoms with E-state index in [0.29, 0.717) is 23.1 Å². The summed E-state index contributed by atoms with van der Waals surface area (Å²) < 4.78 is 32.5. The van der Waals surface area contributed by atoms with Crippen molar-refractivity contribution in [2.45, 2.75) is 24.7 Å². The number of halogens is 1.